The van der Waals surface area contributed by atoms with E-state index in [2.05, 4.69) is 5.32 Å². The maximum atomic E-state index is 13.0. The number of nitrogens with zero attached hydrogens (tertiary/aromatic N) is 1. The minimum Gasteiger partial charge on any atom is -0.461 e. The Balaban J connectivity index is 1.70. The van der Waals surface area contributed by atoms with Gasteiger partial charge in [-0.1, -0.05) is 50.6 Å². The molecular formula is C26H32N2O8S. The molecule has 1 aromatic carbocycles. The summed E-state index contributed by atoms with van der Waals surface area (Å²) in [6.45, 7) is 4.27. The van der Waals surface area contributed by atoms with E-state index >= 15 is 0 Å². The van der Waals surface area contributed by atoms with Crippen LogP contribution in [0.2, 0.25) is 0 Å². The third-order valence-electron chi connectivity index (χ3n) is 6.33. The van der Waals surface area contributed by atoms with E-state index in [1.165, 1.54) is 18.0 Å². The van der Waals surface area contributed by atoms with Gasteiger partial charge in [0.05, 0.1) is 12.5 Å². The monoisotopic (exact) mass is 532 g/mol. The van der Waals surface area contributed by atoms with Gasteiger partial charge in [0.1, 0.15) is 23.3 Å². The second-order valence-electron chi connectivity index (χ2n) is 8.94. The number of β-lactam (4-membered cyclic amide) rings is 1. The first-order valence-electron chi connectivity index (χ1n) is 12.2. The molecule has 0 bridgehead atoms. The largest absolute Gasteiger partial charge is 0.461 e. The summed E-state index contributed by atoms with van der Waals surface area (Å²) in [5.74, 6) is -2.61. The number of aliphatic hydroxyl groups excluding tert-OH is 1. The van der Waals surface area contributed by atoms with Gasteiger partial charge in [0.15, 0.2) is 12.4 Å². The fourth-order valence-corrected chi connectivity index (χ4v) is 5.55. The molecule has 0 aromatic heterocycles. The molecule has 3 rings (SSSR count). The van der Waals surface area contributed by atoms with Crippen LogP contribution in [0.4, 0.5) is 0 Å². The van der Waals surface area contributed by atoms with Crippen LogP contribution in [0, 0.1) is 5.92 Å². The lowest BCUT2D eigenvalue weighted by Crippen LogP contribution is -2.69. The van der Waals surface area contributed by atoms with Crippen molar-refractivity contribution in [2.45, 2.75) is 62.8 Å². The molecule has 0 saturated carbocycles. The van der Waals surface area contributed by atoms with E-state index in [4.69, 9.17) is 9.47 Å². The van der Waals surface area contributed by atoms with Gasteiger partial charge in [-0.05, 0) is 12.3 Å². The average Bonchev–Trinajstić information content (AvgIpc) is 2.91. The molecule has 0 spiro atoms. The predicted molar refractivity (Wildman–Crippen MR) is 135 cm³/mol. The van der Waals surface area contributed by atoms with Crippen LogP contribution in [0.3, 0.4) is 0 Å². The maximum absolute atomic E-state index is 13.0. The van der Waals surface area contributed by atoms with Gasteiger partial charge in [-0.15, -0.1) is 11.8 Å². The second-order valence-corrected chi connectivity index (χ2v) is 10.2. The summed E-state index contributed by atoms with van der Waals surface area (Å²) in [5.41, 5.74) is 0.725. The second kappa shape index (κ2) is 12.9. The van der Waals surface area contributed by atoms with E-state index in [-0.39, 0.29) is 36.5 Å². The molecule has 0 radical (unpaired) electrons. The molecule has 0 aliphatic carbocycles. The van der Waals surface area contributed by atoms with Gasteiger partial charge >= 0.3 is 11.9 Å². The molecule has 200 valence electrons. The van der Waals surface area contributed by atoms with Gasteiger partial charge in [0.2, 0.25) is 5.91 Å². The van der Waals surface area contributed by atoms with Crippen molar-refractivity contribution >= 4 is 41.3 Å². The number of ether oxygens (including phenoxy) is 2. The molecule has 11 heteroatoms. The number of Topliss-reactive ketones (excluding diaryl/α,β-unsaturated/α-hetero) is 1. The molecule has 4 unspecified atom stereocenters. The Kier molecular flexibility index (Phi) is 9.87. The number of thioether (sulfide) groups is 1. The fraction of sp³-hybridized carbons (Fsp3) is 0.500. The number of aliphatic hydroxyl groups is 1. The zero-order valence-corrected chi connectivity index (χ0v) is 21.9. The topological polar surface area (TPSA) is 139 Å². The molecule has 2 amide bonds. The highest BCUT2D eigenvalue weighted by Crippen LogP contribution is 2.41. The summed E-state index contributed by atoms with van der Waals surface area (Å²) in [5, 5.41) is 11.2. The van der Waals surface area contributed by atoms with E-state index in [0.29, 0.717) is 24.0 Å². The number of fused-ring (bicyclic) bond motifs is 1. The molecule has 1 aromatic rings. The van der Waals surface area contributed by atoms with E-state index < -0.39 is 41.3 Å². The number of carbonyl (C=O) groups excluding carboxylic acids is 5. The Morgan fingerprint density at radius 1 is 1.11 bits per heavy atom. The van der Waals surface area contributed by atoms with Crippen LogP contribution in [0.15, 0.2) is 42.1 Å². The summed E-state index contributed by atoms with van der Waals surface area (Å²) in [4.78, 5) is 63.3. The van der Waals surface area contributed by atoms with Crippen molar-refractivity contribution in [1.82, 2.24) is 10.2 Å². The molecule has 2 aliphatic rings. The lowest BCUT2D eigenvalue weighted by Gasteiger charge is -2.48. The number of benzene rings is 1. The van der Waals surface area contributed by atoms with Gasteiger partial charge in [0.25, 0.3) is 5.91 Å². The number of hydrogen-bond acceptors (Lipinski definition) is 9. The van der Waals surface area contributed by atoms with E-state index in [1.807, 2.05) is 13.8 Å². The Morgan fingerprint density at radius 3 is 2.43 bits per heavy atom. The van der Waals surface area contributed by atoms with Gasteiger partial charge in [-0.3, -0.25) is 24.0 Å². The summed E-state index contributed by atoms with van der Waals surface area (Å²) in [6, 6.07) is 7.60. The number of esters is 2. The Hall–Kier alpha value is -3.18. The van der Waals surface area contributed by atoms with Crippen molar-refractivity contribution in [3.63, 3.8) is 0 Å². The van der Waals surface area contributed by atoms with Crippen LogP contribution in [0.1, 0.15) is 50.4 Å². The minimum atomic E-state index is -0.954. The molecular weight excluding hydrogens is 500 g/mol. The number of amides is 2. The summed E-state index contributed by atoms with van der Waals surface area (Å²) < 4.78 is 10.7. The predicted octanol–water partition coefficient (Wildman–Crippen LogP) is 1.82. The first-order chi connectivity index (χ1) is 17.7. The molecule has 1 saturated heterocycles. The zero-order valence-electron chi connectivity index (χ0n) is 21.0. The van der Waals surface area contributed by atoms with Crippen molar-refractivity contribution < 1.29 is 38.6 Å². The molecule has 2 heterocycles. The van der Waals surface area contributed by atoms with Crippen molar-refractivity contribution in [2.75, 3.05) is 13.2 Å². The Labute approximate surface area is 219 Å². The lowest BCUT2D eigenvalue weighted by atomic mass is 9.94. The van der Waals surface area contributed by atoms with Crippen LogP contribution in [0.25, 0.3) is 0 Å². The van der Waals surface area contributed by atoms with Gasteiger partial charge in [0, 0.05) is 24.3 Å². The van der Waals surface area contributed by atoms with Crippen LogP contribution in [0.5, 0.6) is 0 Å². The first kappa shape index (κ1) is 28.4. The maximum Gasteiger partial charge on any atom is 0.323 e. The third kappa shape index (κ3) is 6.98. The van der Waals surface area contributed by atoms with Crippen LogP contribution in [-0.2, 0) is 28.7 Å². The van der Waals surface area contributed by atoms with E-state index in [0.717, 1.165) is 11.8 Å². The molecule has 37 heavy (non-hydrogen) atoms. The highest BCUT2D eigenvalue weighted by atomic mass is 32.2. The Morgan fingerprint density at radius 2 is 1.81 bits per heavy atom. The molecule has 5 atom stereocenters. The van der Waals surface area contributed by atoms with Crippen molar-refractivity contribution in [3.05, 3.63) is 47.7 Å². The molecule has 2 N–H and O–H groups in total. The number of ketones is 1. The van der Waals surface area contributed by atoms with Gasteiger partial charge in [-0.2, -0.15) is 0 Å². The summed E-state index contributed by atoms with van der Waals surface area (Å²) in [6.07, 6.45) is 1.94. The lowest BCUT2D eigenvalue weighted by molar-refractivity contribution is -0.147. The molecule has 1 fully saturated rings. The average molecular weight is 533 g/mol. The summed E-state index contributed by atoms with van der Waals surface area (Å²) in [7, 11) is 0. The van der Waals surface area contributed by atoms with Crippen molar-refractivity contribution in [2.24, 2.45) is 5.92 Å². The highest BCUT2D eigenvalue weighted by molar-refractivity contribution is 8.01. The van der Waals surface area contributed by atoms with Crippen LogP contribution in [-0.4, -0.2) is 75.5 Å². The van der Waals surface area contributed by atoms with Crippen LogP contribution < -0.4 is 5.32 Å². The third-order valence-corrected chi connectivity index (χ3v) is 7.87. The number of rotatable bonds is 12. The molecule has 2 aliphatic heterocycles. The Bertz CT molecular complexity index is 1060. The van der Waals surface area contributed by atoms with E-state index in [1.54, 1.807) is 30.3 Å². The molecule has 10 nitrogen and oxygen atoms in total. The normalized spacial score (nSPS) is 22.1. The summed E-state index contributed by atoms with van der Waals surface area (Å²) >= 11 is 1.08. The zero-order chi connectivity index (χ0) is 27.1. The highest BCUT2D eigenvalue weighted by Gasteiger charge is 2.52. The van der Waals surface area contributed by atoms with Crippen molar-refractivity contribution in [3.8, 4) is 0 Å². The van der Waals surface area contributed by atoms with Crippen LogP contribution >= 0.6 is 11.8 Å². The number of hydrogen-bond donors (Lipinski definition) is 2. The fourth-order valence-electron chi connectivity index (χ4n) is 4.16. The SMILES string of the molecule is CCC(O)C(CC)CC(=O)OCC1=CN2C(=O)C(NC(C)=O)[C@H]2SC1C(=O)OCC(=O)c1ccccc1. The number of carbonyl (C=O) groups is 5. The number of nitrogens with one attached hydrogen (secondary N) is 1. The van der Waals surface area contributed by atoms with Gasteiger partial charge < -0.3 is 24.8 Å². The minimum absolute atomic E-state index is 0.0164. The van der Waals surface area contributed by atoms with E-state index in [9.17, 15) is 29.1 Å². The quantitative estimate of drug-likeness (QED) is 0.234. The van der Waals surface area contributed by atoms with Gasteiger partial charge in [-0.25, -0.2) is 0 Å². The smallest absolute Gasteiger partial charge is 0.323 e. The standard InChI is InChI=1S/C26H32N2O8S/c1-4-16(19(30)5-2)11-21(32)35-13-18-12-28-24(33)22(27-15(3)29)25(28)37-23(18)26(34)36-14-20(31)17-9-7-6-8-10-17/h6-10,12,16,19,22-23,25,30H,4-5,11,13-14H2,1-3H3,(H,27,29)/t16?,19?,22?,23?,25-/m1/s1. The first-order valence-corrected chi connectivity index (χ1v) is 13.1. The van der Waals surface area contributed by atoms with Crippen molar-refractivity contribution in [1.29, 1.82) is 0 Å².